The highest BCUT2D eigenvalue weighted by atomic mass is 16.6. The molecule has 1 aromatic carbocycles. The van der Waals surface area contributed by atoms with Gasteiger partial charge in [-0.05, 0) is 35.9 Å². The van der Waals surface area contributed by atoms with Crippen LogP contribution in [0.5, 0.6) is 0 Å². The van der Waals surface area contributed by atoms with Crippen molar-refractivity contribution in [2.24, 2.45) is 0 Å². The molecule has 2 aromatic rings. The van der Waals surface area contributed by atoms with Crippen molar-refractivity contribution in [1.29, 1.82) is 0 Å². The van der Waals surface area contributed by atoms with Gasteiger partial charge in [0.2, 0.25) is 0 Å². The lowest BCUT2D eigenvalue weighted by atomic mass is 10.1. The largest absolute Gasteiger partial charge is 0.393 e. The Kier molecular flexibility index (Phi) is 4.84. The summed E-state index contributed by atoms with van der Waals surface area (Å²) in [5, 5.41) is 10.8. The molecule has 110 valence electrons. The Morgan fingerprint density at radius 1 is 1.19 bits per heavy atom. The molecule has 0 unspecified atom stereocenters. The van der Waals surface area contributed by atoms with Crippen LogP contribution in [-0.2, 0) is 13.1 Å². The number of nitrogens with two attached hydrogens (primary N) is 1. The Bertz CT molecular complexity index is 616. The van der Waals surface area contributed by atoms with Gasteiger partial charge in [0.05, 0.1) is 4.92 Å². The van der Waals surface area contributed by atoms with Gasteiger partial charge in [0.1, 0.15) is 5.69 Å². The lowest BCUT2D eigenvalue weighted by molar-refractivity contribution is -0.383. The predicted octanol–water partition coefficient (Wildman–Crippen LogP) is 2.59. The quantitative estimate of drug-likeness (QED) is 0.501. The van der Waals surface area contributed by atoms with E-state index < -0.39 is 4.92 Å². The predicted molar refractivity (Wildman–Crippen MR) is 81.5 cm³/mol. The molecule has 21 heavy (non-hydrogen) atoms. The van der Waals surface area contributed by atoms with Crippen LogP contribution in [0.3, 0.4) is 0 Å². The number of anilines is 1. The maximum Gasteiger partial charge on any atom is 0.292 e. The Morgan fingerprint density at radius 2 is 1.86 bits per heavy atom. The zero-order chi connectivity index (χ0) is 15.2. The summed E-state index contributed by atoms with van der Waals surface area (Å²) in [6.45, 7) is 4.45. The van der Waals surface area contributed by atoms with Gasteiger partial charge in [0.25, 0.3) is 5.69 Å². The van der Waals surface area contributed by atoms with E-state index in [1.165, 1.54) is 11.6 Å². The Labute approximate surface area is 123 Å². The van der Waals surface area contributed by atoms with Gasteiger partial charge in [0.15, 0.2) is 0 Å². The second-order valence-electron chi connectivity index (χ2n) is 4.81. The molecule has 0 aliphatic heterocycles. The molecule has 0 spiro atoms. The van der Waals surface area contributed by atoms with E-state index in [-0.39, 0.29) is 11.4 Å². The molecular formula is C15H18N4O2. The molecule has 0 amide bonds. The summed E-state index contributed by atoms with van der Waals surface area (Å²) in [7, 11) is 0. The molecule has 0 radical (unpaired) electrons. The molecular weight excluding hydrogens is 268 g/mol. The van der Waals surface area contributed by atoms with Crippen LogP contribution >= 0.6 is 0 Å². The van der Waals surface area contributed by atoms with Crippen LogP contribution < -0.4 is 5.73 Å². The van der Waals surface area contributed by atoms with Crippen molar-refractivity contribution < 1.29 is 4.92 Å². The lowest BCUT2D eigenvalue weighted by Crippen LogP contribution is -2.22. The molecule has 0 aliphatic rings. The molecule has 0 aliphatic carbocycles. The molecule has 6 heteroatoms. The number of hydrogen-bond acceptors (Lipinski definition) is 5. The van der Waals surface area contributed by atoms with Crippen molar-refractivity contribution in [3.05, 3.63) is 64.0 Å². The average Bonchev–Trinajstić information content (AvgIpc) is 2.47. The first-order valence-corrected chi connectivity index (χ1v) is 6.74. The molecule has 0 saturated heterocycles. The number of nitrogen functional groups attached to an aromatic ring is 1. The van der Waals surface area contributed by atoms with E-state index in [2.05, 4.69) is 16.8 Å². The number of rotatable bonds is 6. The number of aromatic nitrogens is 1. The molecule has 6 nitrogen and oxygen atoms in total. The average molecular weight is 286 g/mol. The third-order valence-electron chi connectivity index (χ3n) is 3.30. The van der Waals surface area contributed by atoms with E-state index in [0.29, 0.717) is 6.54 Å². The molecule has 1 aromatic heterocycles. The number of nitrogens with zero attached hydrogens (tertiary/aromatic N) is 3. The van der Waals surface area contributed by atoms with Crippen LogP contribution in [-0.4, -0.2) is 21.4 Å². The fraction of sp³-hybridized carbons (Fsp3) is 0.267. The van der Waals surface area contributed by atoms with E-state index in [1.54, 1.807) is 24.5 Å². The maximum absolute atomic E-state index is 10.8. The van der Waals surface area contributed by atoms with Crippen LogP contribution in [0.4, 0.5) is 11.4 Å². The molecule has 0 atom stereocenters. The Hall–Kier alpha value is -2.47. The van der Waals surface area contributed by atoms with Crippen LogP contribution in [0.2, 0.25) is 0 Å². The summed E-state index contributed by atoms with van der Waals surface area (Å²) < 4.78 is 0. The van der Waals surface area contributed by atoms with Crippen LogP contribution in [0.1, 0.15) is 18.1 Å². The monoisotopic (exact) mass is 286 g/mol. The van der Waals surface area contributed by atoms with E-state index in [1.807, 2.05) is 12.1 Å². The number of pyridine rings is 1. The Balaban J connectivity index is 2.08. The van der Waals surface area contributed by atoms with Crippen molar-refractivity contribution in [2.75, 3.05) is 12.3 Å². The summed E-state index contributed by atoms with van der Waals surface area (Å²) in [6, 6.07) is 8.85. The van der Waals surface area contributed by atoms with Crippen molar-refractivity contribution in [1.82, 2.24) is 9.88 Å². The summed E-state index contributed by atoms with van der Waals surface area (Å²) in [6.07, 6.45) is 3.54. The van der Waals surface area contributed by atoms with Crippen LogP contribution in [0.25, 0.3) is 0 Å². The van der Waals surface area contributed by atoms with Gasteiger partial charge in [0, 0.05) is 31.5 Å². The van der Waals surface area contributed by atoms with Crippen molar-refractivity contribution in [2.45, 2.75) is 20.0 Å². The summed E-state index contributed by atoms with van der Waals surface area (Å²) in [4.78, 5) is 16.5. The zero-order valence-corrected chi connectivity index (χ0v) is 11.9. The van der Waals surface area contributed by atoms with E-state index in [0.717, 1.165) is 18.7 Å². The second-order valence-corrected chi connectivity index (χ2v) is 4.81. The second kappa shape index (κ2) is 6.81. The highest BCUT2D eigenvalue weighted by Gasteiger charge is 2.12. The minimum absolute atomic E-state index is 0.0454. The first-order chi connectivity index (χ1) is 10.1. The molecule has 1 heterocycles. The third-order valence-corrected chi connectivity index (χ3v) is 3.30. The van der Waals surface area contributed by atoms with E-state index in [9.17, 15) is 10.1 Å². The van der Waals surface area contributed by atoms with Crippen molar-refractivity contribution in [3.8, 4) is 0 Å². The van der Waals surface area contributed by atoms with E-state index >= 15 is 0 Å². The maximum atomic E-state index is 10.8. The normalized spacial score (nSPS) is 10.8. The Morgan fingerprint density at radius 3 is 2.43 bits per heavy atom. The summed E-state index contributed by atoms with van der Waals surface area (Å²) in [5.74, 6) is 0. The fourth-order valence-corrected chi connectivity index (χ4v) is 2.15. The number of nitro groups is 1. The summed E-state index contributed by atoms with van der Waals surface area (Å²) >= 11 is 0. The van der Waals surface area contributed by atoms with Crippen LogP contribution in [0, 0.1) is 10.1 Å². The minimum Gasteiger partial charge on any atom is -0.393 e. The standard InChI is InChI=1S/C15H18N4O2/c1-2-18(10-12-5-7-17-8-6-12)11-13-3-4-15(19(20)21)14(16)9-13/h3-9H,2,10-11,16H2,1H3. The van der Waals surface area contributed by atoms with Gasteiger partial charge in [-0.2, -0.15) is 0 Å². The highest BCUT2D eigenvalue weighted by molar-refractivity contribution is 5.59. The minimum atomic E-state index is -0.465. The molecule has 2 rings (SSSR count). The van der Waals surface area contributed by atoms with Crippen LogP contribution in [0.15, 0.2) is 42.7 Å². The van der Waals surface area contributed by atoms with Gasteiger partial charge in [-0.15, -0.1) is 0 Å². The fourth-order valence-electron chi connectivity index (χ4n) is 2.15. The zero-order valence-electron chi connectivity index (χ0n) is 11.9. The molecule has 0 fully saturated rings. The number of benzene rings is 1. The van der Waals surface area contributed by atoms with Gasteiger partial charge >= 0.3 is 0 Å². The number of hydrogen-bond donors (Lipinski definition) is 1. The van der Waals surface area contributed by atoms with E-state index in [4.69, 9.17) is 5.73 Å². The van der Waals surface area contributed by atoms with Gasteiger partial charge in [-0.1, -0.05) is 13.0 Å². The lowest BCUT2D eigenvalue weighted by Gasteiger charge is -2.20. The highest BCUT2D eigenvalue weighted by Crippen LogP contribution is 2.23. The molecule has 2 N–H and O–H groups in total. The SMILES string of the molecule is CCN(Cc1ccncc1)Cc1ccc([N+](=O)[O-])c(N)c1. The van der Waals surface area contributed by atoms with Gasteiger partial charge in [-0.3, -0.25) is 20.0 Å². The molecule has 0 saturated carbocycles. The van der Waals surface area contributed by atoms with Crippen molar-refractivity contribution in [3.63, 3.8) is 0 Å². The van der Waals surface area contributed by atoms with Gasteiger partial charge in [-0.25, -0.2) is 0 Å². The number of nitro benzene ring substituents is 1. The van der Waals surface area contributed by atoms with Crippen molar-refractivity contribution >= 4 is 11.4 Å². The molecule has 0 bridgehead atoms. The first-order valence-electron chi connectivity index (χ1n) is 6.74. The smallest absolute Gasteiger partial charge is 0.292 e. The first kappa shape index (κ1) is 14.9. The van der Waals surface area contributed by atoms with Gasteiger partial charge < -0.3 is 5.73 Å². The topological polar surface area (TPSA) is 85.3 Å². The summed E-state index contributed by atoms with van der Waals surface area (Å²) in [5.41, 5.74) is 8.03. The third kappa shape index (κ3) is 4.00.